The maximum Gasteiger partial charge on any atom is 0.191 e. The number of hydrogen-bond donors (Lipinski definition) is 2. The van der Waals surface area contributed by atoms with Crippen LogP contribution in [0.4, 0.5) is 4.39 Å². The molecule has 1 saturated heterocycles. The molecule has 5 heteroatoms. The van der Waals surface area contributed by atoms with Crippen LogP contribution in [-0.2, 0) is 5.41 Å². The summed E-state index contributed by atoms with van der Waals surface area (Å²) >= 11 is 0. The maximum absolute atomic E-state index is 14.2. The van der Waals surface area contributed by atoms with Crippen molar-refractivity contribution in [2.75, 3.05) is 26.7 Å². The Balaban J connectivity index is 1.25. The van der Waals surface area contributed by atoms with Crippen LogP contribution in [0.3, 0.4) is 0 Å². The molecule has 0 bridgehead atoms. The summed E-state index contributed by atoms with van der Waals surface area (Å²) in [6.45, 7) is 3.13. The Morgan fingerprint density at radius 3 is 2.46 bits per heavy atom. The molecule has 0 spiro atoms. The number of likely N-dealkylation sites (tertiary alicyclic amines) is 1. The second kappa shape index (κ2) is 8.81. The van der Waals surface area contributed by atoms with Crippen LogP contribution in [0.25, 0.3) is 0 Å². The van der Waals surface area contributed by atoms with Crippen LogP contribution in [0.5, 0.6) is 0 Å². The fraction of sp³-hybridized carbons (Fsp3) is 0.696. The first kappa shape index (κ1) is 19.7. The molecule has 154 valence electrons. The Bertz CT molecular complexity index is 671. The quantitative estimate of drug-likeness (QED) is 0.597. The first-order valence-corrected chi connectivity index (χ1v) is 11.2. The van der Waals surface area contributed by atoms with Gasteiger partial charge < -0.3 is 15.5 Å². The van der Waals surface area contributed by atoms with E-state index in [1.807, 2.05) is 19.2 Å². The normalized spacial score (nSPS) is 24.1. The molecule has 0 aromatic heterocycles. The number of piperidine rings is 1. The average Bonchev–Trinajstić information content (AvgIpc) is 3.53. The van der Waals surface area contributed by atoms with E-state index >= 15 is 0 Å². The zero-order chi connectivity index (χ0) is 19.4. The van der Waals surface area contributed by atoms with Crippen LogP contribution in [-0.4, -0.2) is 49.6 Å². The fourth-order valence-electron chi connectivity index (χ4n) is 5.08. The van der Waals surface area contributed by atoms with E-state index in [0.29, 0.717) is 6.04 Å². The van der Waals surface area contributed by atoms with Crippen LogP contribution in [0.2, 0.25) is 0 Å². The molecule has 0 unspecified atom stereocenters. The standard InChI is InChI=1S/C23H35FN4/c1-25-22(26-17-23(13-14-23)20-9-5-6-10-21(20)24)27-18-11-15-28(16-12-18)19-7-3-2-4-8-19/h5-6,9-10,18-19H,2-4,7-8,11-17H2,1H3,(H2,25,26,27). The molecule has 3 fully saturated rings. The molecule has 2 saturated carbocycles. The van der Waals surface area contributed by atoms with Crippen molar-refractivity contribution >= 4 is 5.96 Å². The van der Waals surface area contributed by atoms with Crippen molar-refractivity contribution in [1.82, 2.24) is 15.5 Å². The fourth-order valence-corrected chi connectivity index (χ4v) is 5.08. The summed E-state index contributed by atoms with van der Waals surface area (Å²) in [6.07, 6.45) is 11.4. The lowest BCUT2D eigenvalue weighted by atomic mass is 9.92. The van der Waals surface area contributed by atoms with Crippen molar-refractivity contribution in [2.24, 2.45) is 4.99 Å². The molecule has 2 aliphatic carbocycles. The molecule has 28 heavy (non-hydrogen) atoms. The summed E-state index contributed by atoms with van der Waals surface area (Å²) in [5.41, 5.74) is 0.784. The molecule has 2 N–H and O–H groups in total. The molecule has 1 aliphatic heterocycles. The third-order valence-corrected chi connectivity index (χ3v) is 7.08. The van der Waals surface area contributed by atoms with Crippen molar-refractivity contribution in [3.63, 3.8) is 0 Å². The Labute approximate surface area is 169 Å². The van der Waals surface area contributed by atoms with E-state index in [-0.39, 0.29) is 11.2 Å². The number of nitrogens with one attached hydrogen (secondary N) is 2. The molecule has 1 aromatic rings. The number of rotatable bonds is 5. The van der Waals surface area contributed by atoms with Gasteiger partial charge in [0.05, 0.1) is 0 Å². The zero-order valence-corrected chi connectivity index (χ0v) is 17.2. The van der Waals surface area contributed by atoms with E-state index in [0.717, 1.165) is 37.0 Å². The summed E-state index contributed by atoms with van der Waals surface area (Å²) in [5.74, 6) is 0.776. The lowest BCUT2D eigenvalue weighted by molar-refractivity contribution is 0.119. The number of guanidine groups is 1. The Morgan fingerprint density at radius 1 is 1.11 bits per heavy atom. The van der Waals surface area contributed by atoms with E-state index < -0.39 is 0 Å². The van der Waals surface area contributed by atoms with Gasteiger partial charge >= 0.3 is 0 Å². The van der Waals surface area contributed by atoms with Crippen LogP contribution in [0.15, 0.2) is 29.3 Å². The first-order valence-electron chi connectivity index (χ1n) is 11.2. The summed E-state index contributed by atoms with van der Waals surface area (Å²) in [4.78, 5) is 7.14. The van der Waals surface area contributed by atoms with Crippen molar-refractivity contribution < 1.29 is 4.39 Å². The maximum atomic E-state index is 14.2. The van der Waals surface area contributed by atoms with Gasteiger partial charge in [0, 0.05) is 44.2 Å². The molecule has 3 aliphatic rings. The predicted molar refractivity (Wildman–Crippen MR) is 113 cm³/mol. The van der Waals surface area contributed by atoms with Gasteiger partial charge in [0.2, 0.25) is 0 Å². The lowest BCUT2D eigenvalue weighted by Crippen LogP contribution is -2.51. The summed E-state index contributed by atoms with van der Waals surface area (Å²) in [5, 5.41) is 7.09. The Hall–Kier alpha value is -1.62. The number of aliphatic imine (C=N–C) groups is 1. The van der Waals surface area contributed by atoms with Crippen LogP contribution < -0.4 is 10.6 Å². The number of nitrogens with zero attached hydrogens (tertiary/aromatic N) is 2. The van der Waals surface area contributed by atoms with Crippen LogP contribution in [0, 0.1) is 5.82 Å². The molecular formula is C23H35FN4. The third-order valence-electron chi connectivity index (χ3n) is 7.08. The minimum Gasteiger partial charge on any atom is -0.356 e. The Morgan fingerprint density at radius 2 is 1.82 bits per heavy atom. The molecule has 0 radical (unpaired) electrons. The Kier molecular flexibility index (Phi) is 6.19. The second-order valence-electron chi connectivity index (χ2n) is 8.93. The minimum atomic E-state index is -0.0835. The molecule has 0 atom stereocenters. The van der Waals surface area contributed by atoms with Crippen LogP contribution in [0.1, 0.15) is 63.4 Å². The molecule has 1 aromatic carbocycles. The third kappa shape index (κ3) is 4.51. The zero-order valence-electron chi connectivity index (χ0n) is 17.2. The van der Waals surface area contributed by atoms with Crippen molar-refractivity contribution in [2.45, 2.75) is 75.3 Å². The molecule has 0 amide bonds. The van der Waals surface area contributed by atoms with Gasteiger partial charge in [-0.3, -0.25) is 4.99 Å². The summed E-state index contributed by atoms with van der Waals surface area (Å²) in [7, 11) is 1.83. The highest BCUT2D eigenvalue weighted by Gasteiger charge is 2.45. The second-order valence-corrected chi connectivity index (χ2v) is 8.93. The van der Waals surface area contributed by atoms with E-state index in [1.165, 1.54) is 58.0 Å². The van der Waals surface area contributed by atoms with Gasteiger partial charge in [0.1, 0.15) is 5.82 Å². The van der Waals surface area contributed by atoms with Gasteiger partial charge in [-0.05, 0) is 50.2 Å². The number of hydrogen-bond acceptors (Lipinski definition) is 2. The minimum absolute atomic E-state index is 0.0622. The van der Waals surface area contributed by atoms with Crippen molar-refractivity contribution in [3.05, 3.63) is 35.6 Å². The monoisotopic (exact) mass is 386 g/mol. The number of benzene rings is 1. The van der Waals surface area contributed by atoms with Crippen molar-refractivity contribution in [1.29, 1.82) is 0 Å². The SMILES string of the molecule is CN=C(NCC1(c2ccccc2F)CC1)NC1CCN(C2CCCCC2)CC1. The van der Waals surface area contributed by atoms with Gasteiger partial charge in [0.25, 0.3) is 0 Å². The highest BCUT2D eigenvalue weighted by atomic mass is 19.1. The topological polar surface area (TPSA) is 39.7 Å². The summed E-state index contributed by atoms with van der Waals surface area (Å²) in [6, 6.07) is 8.51. The molecular weight excluding hydrogens is 351 g/mol. The van der Waals surface area contributed by atoms with Gasteiger partial charge in [-0.25, -0.2) is 4.39 Å². The van der Waals surface area contributed by atoms with Gasteiger partial charge in [-0.1, -0.05) is 37.5 Å². The smallest absolute Gasteiger partial charge is 0.191 e. The highest BCUT2D eigenvalue weighted by Crippen LogP contribution is 2.48. The molecule has 4 nitrogen and oxygen atoms in total. The van der Waals surface area contributed by atoms with Gasteiger partial charge in [-0.15, -0.1) is 0 Å². The van der Waals surface area contributed by atoms with E-state index in [1.54, 1.807) is 12.1 Å². The van der Waals surface area contributed by atoms with Crippen LogP contribution >= 0.6 is 0 Å². The van der Waals surface area contributed by atoms with Gasteiger partial charge in [-0.2, -0.15) is 0 Å². The van der Waals surface area contributed by atoms with E-state index in [9.17, 15) is 4.39 Å². The van der Waals surface area contributed by atoms with Gasteiger partial charge in [0.15, 0.2) is 5.96 Å². The average molecular weight is 387 g/mol. The van der Waals surface area contributed by atoms with Crippen molar-refractivity contribution in [3.8, 4) is 0 Å². The summed E-state index contributed by atoms with van der Waals surface area (Å²) < 4.78 is 14.2. The first-order chi connectivity index (χ1) is 13.7. The molecule has 1 heterocycles. The highest BCUT2D eigenvalue weighted by molar-refractivity contribution is 5.80. The largest absolute Gasteiger partial charge is 0.356 e. The van der Waals surface area contributed by atoms with E-state index in [2.05, 4.69) is 20.5 Å². The molecule has 4 rings (SSSR count). The lowest BCUT2D eigenvalue weighted by Gasteiger charge is -2.39. The van der Waals surface area contributed by atoms with E-state index in [4.69, 9.17) is 0 Å². The predicted octanol–water partition coefficient (Wildman–Crippen LogP) is 3.82. The number of halogens is 1.